The zero-order valence-corrected chi connectivity index (χ0v) is 12.8. The Hall–Kier alpha value is -1.79. The molecule has 0 spiro atoms. The van der Waals surface area contributed by atoms with Gasteiger partial charge in [0.05, 0.1) is 11.6 Å². The molecule has 0 aliphatic heterocycles. The van der Waals surface area contributed by atoms with E-state index in [0.29, 0.717) is 10.8 Å². The number of amides is 1. The zero-order chi connectivity index (χ0) is 16.0. The molecule has 0 saturated heterocycles. The van der Waals surface area contributed by atoms with Crippen molar-refractivity contribution < 1.29 is 24.2 Å². The van der Waals surface area contributed by atoms with Crippen LogP contribution in [0, 0.1) is 6.92 Å². The van der Waals surface area contributed by atoms with Gasteiger partial charge in [-0.05, 0) is 31.5 Å². The van der Waals surface area contributed by atoms with Crippen LogP contribution in [0.4, 0.5) is 0 Å². The summed E-state index contributed by atoms with van der Waals surface area (Å²) < 4.78 is 10.2. The van der Waals surface area contributed by atoms with E-state index < -0.39 is 24.0 Å². The quantitative estimate of drug-likeness (QED) is 0.799. The number of methoxy groups -OCH3 is 1. The smallest absolute Gasteiger partial charge is 0.328 e. The van der Waals surface area contributed by atoms with Crippen LogP contribution in [0.2, 0.25) is 5.02 Å². The number of rotatable bonds is 7. The minimum Gasteiger partial charge on any atom is -0.480 e. The Kier molecular flexibility index (Phi) is 6.45. The van der Waals surface area contributed by atoms with Gasteiger partial charge in [-0.2, -0.15) is 0 Å². The standard InChI is InChI=1S/C14H18ClNO5/c1-8-4-5-10(15)12(6-8)21-9(2)13(17)16-11(7-20-3)14(18)19/h4-6,9,11H,7H2,1-3H3,(H,16,17)(H,18,19). The van der Waals surface area contributed by atoms with Crippen molar-refractivity contribution in [3.63, 3.8) is 0 Å². The second kappa shape index (κ2) is 7.85. The van der Waals surface area contributed by atoms with Crippen LogP contribution in [0.15, 0.2) is 18.2 Å². The van der Waals surface area contributed by atoms with Crippen LogP contribution < -0.4 is 10.1 Å². The van der Waals surface area contributed by atoms with Crippen LogP contribution in [0.3, 0.4) is 0 Å². The molecule has 2 N–H and O–H groups in total. The molecule has 6 nitrogen and oxygen atoms in total. The Labute approximate surface area is 128 Å². The third-order valence-electron chi connectivity index (χ3n) is 2.71. The summed E-state index contributed by atoms with van der Waals surface area (Å²) in [6, 6.07) is 4.07. The van der Waals surface area contributed by atoms with Crippen molar-refractivity contribution in [2.45, 2.75) is 26.0 Å². The summed E-state index contributed by atoms with van der Waals surface area (Å²) in [5.41, 5.74) is 0.935. The average molecular weight is 316 g/mol. The molecule has 1 aromatic rings. The van der Waals surface area contributed by atoms with Gasteiger partial charge < -0.3 is 19.9 Å². The van der Waals surface area contributed by atoms with Gasteiger partial charge in [0.25, 0.3) is 5.91 Å². The zero-order valence-electron chi connectivity index (χ0n) is 12.1. The second-order valence-corrected chi connectivity index (χ2v) is 4.96. The Morgan fingerprint density at radius 3 is 2.67 bits per heavy atom. The summed E-state index contributed by atoms with van der Waals surface area (Å²) in [6.45, 7) is 3.26. The van der Waals surface area contributed by atoms with Crippen LogP contribution >= 0.6 is 11.6 Å². The Balaban J connectivity index is 2.69. The predicted molar refractivity (Wildman–Crippen MR) is 77.7 cm³/mol. The number of nitrogens with one attached hydrogen (secondary N) is 1. The van der Waals surface area contributed by atoms with E-state index >= 15 is 0 Å². The number of carboxylic acid groups (broad SMARTS) is 1. The molecule has 2 unspecified atom stereocenters. The van der Waals surface area contributed by atoms with Gasteiger partial charge in [0, 0.05) is 7.11 Å². The van der Waals surface area contributed by atoms with Gasteiger partial charge in [0.2, 0.25) is 0 Å². The number of ether oxygens (including phenoxy) is 2. The van der Waals surface area contributed by atoms with Crippen LogP contribution in [0.25, 0.3) is 0 Å². The number of hydrogen-bond acceptors (Lipinski definition) is 4. The maximum atomic E-state index is 11.9. The van der Waals surface area contributed by atoms with Crippen LogP contribution in [-0.4, -0.2) is 42.8 Å². The molecule has 0 aliphatic rings. The summed E-state index contributed by atoms with van der Waals surface area (Å²) in [5.74, 6) is -1.36. The number of carboxylic acids is 1. The molecule has 0 aliphatic carbocycles. The Bertz CT molecular complexity index is 520. The number of carbonyl (C=O) groups excluding carboxylic acids is 1. The van der Waals surface area contributed by atoms with E-state index in [1.54, 1.807) is 12.1 Å². The number of aliphatic carboxylic acids is 1. The fourth-order valence-corrected chi connectivity index (χ4v) is 1.74. The molecule has 0 bridgehead atoms. The van der Waals surface area contributed by atoms with Crippen molar-refractivity contribution in [3.05, 3.63) is 28.8 Å². The molecule has 0 fully saturated rings. The van der Waals surface area contributed by atoms with Gasteiger partial charge >= 0.3 is 5.97 Å². The van der Waals surface area contributed by atoms with E-state index in [1.165, 1.54) is 14.0 Å². The minimum absolute atomic E-state index is 0.126. The molecule has 0 aromatic heterocycles. The number of benzene rings is 1. The fourth-order valence-electron chi connectivity index (χ4n) is 1.58. The van der Waals surface area contributed by atoms with Gasteiger partial charge in [-0.25, -0.2) is 4.79 Å². The molecule has 2 atom stereocenters. The predicted octanol–water partition coefficient (Wildman–Crippen LogP) is 1.63. The molecular formula is C14H18ClNO5. The van der Waals surface area contributed by atoms with Crippen molar-refractivity contribution in [1.82, 2.24) is 5.32 Å². The molecule has 0 radical (unpaired) electrons. The number of aryl methyl sites for hydroxylation is 1. The molecule has 0 heterocycles. The van der Waals surface area contributed by atoms with E-state index in [2.05, 4.69) is 5.32 Å². The molecular weight excluding hydrogens is 298 g/mol. The van der Waals surface area contributed by atoms with Crippen molar-refractivity contribution in [3.8, 4) is 5.75 Å². The highest BCUT2D eigenvalue weighted by atomic mass is 35.5. The minimum atomic E-state index is -1.18. The largest absolute Gasteiger partial charge is 0.480 e. The van der Waals surface area contributed by atoms with Crippen molar-refractivity contribution >= 4 is 23.5 Å². The van der Waals surface area contributed by atoms with Crippen molar-refractivity contribution in [2.24, 2.45) is 0 Å². The second-order valence-electron chi connectivity index (χ2n) is 4.55. The summed E-state index contributed by atoms with van der Waals surface area (Å²) in [6.07, 6.45) is -0.886. The Morgan fingerprint density at radius 2 is 2.10 bits per heavy atom. The van der Waals surface area contributed by atoms with Gasteiger partial charge in [0.15, 0.2) is 12.1 Å². The van der Waals surface area contributed by atoms with Gasteiger partial charge in [-0.1, -0.05) is 17.7 Å². The Morgan fingerprint density at radius 1 is 1.43 bits per heavy atom. The van der Waals surface area contributed by atoms with Crippen LogP contribution in [0.1, 0.15) is 12.5 Å². The van der Waals surface area contributed by atoms with E-state index in [4.69, 9.17) is 26.2 Å². The summed E-state index contributed by atoms with van der Waals surface area (Å²) in [7, 11) is 1.36. The topological polar surface area (TPSA) is 84.9 Å². The summed E-state index contributed by atoms with van der Waals surface area (Å²) >= 11 is 5.98. The van der Waals surface area contributed by atoms with Crippen LogP contribution in [0.5, 0.6) is 5.75 Å². The SMILES string of the molecule is COCC(NC(=O)C(C)Oc1cc(C)ccc1Cl)C(=O)O. The molecule has 0 saturated carbocycles. The van der Waals surface area contributed by atoms with E-state index in [1.807, 2.05) is 13.0 Å². The lowest BCUT2D eigenvalue weighted by Gasteiger charge is -2.19. The summed E-state index contributed by atoms with van der Waals surface area (Å²) in [5, 5.41) is 11.7. The van der Waals surface area contributed by atoms with Gasteiger partial charge in [0.1, 0.15) is 5.75 Å². The monoisotopic (exact) mass is 315 g/mol. The first-order chi connectivity index (χ1) is 9.85. The molecule has 1 aromatic carbocycles. The molecule has 1 amide bonds. The average Bonchev–Trinajstić information content (AvgIpc) is 2.42. The number of carbonyl (C=O) groups is 2. The van der Waals surface area contributed by atoms with Crippen LogP contribution in [-0.2, 0) is 14.3 Å². The highest BCUT2D eigenvalue weighted by molar-refractivity contribution is 6.32. The van der Waals surface area contributed by atoms with Gasteiger partial charge in [-0.15, -0.1) is 0 Å². The normalized spacial score (nSPS) is 13.3. The molecule has 21 heavy (non-hydrogen) atoms. The molecule has 7 heteroatoms. The highest BCUT2D eigenvalue weighted by Gasteiger charge is 2.24. The summed E-state index contributed by atoms with van der Waals surface area (Å²) in [4.78, 5) is 22.9. The van der Waals surface area contributed by atoms with Crippen molar-refractivity contribution in [1.29, 1.82) is 0 Å². The molecule has 116 valence electrons. The lowest BCUT2D eigenvalue weighted by Crippen LogP contribution is -2.48. The highest BCUT2D eigenvalue weighted by Crippen LogP contribution is 2.26. The molecule has 1 rings (SSSR count). The fraction of sp³-hybridized carbons (Fsp3) is 0.429. The third kappa shape index (κ3) is 5.24. The first-order valence-corrected chi connectivity index (χ1v) is 6.68. The lowest BCUT2D eigenvalue weighted by molar-refractivity contribution is -0.144. The number of hydrogen-bond donors (Lipinski definition) is 2. The van der Waals surface area contributed by atoms with Crippen molar-refractivity contribution in [2.75, 3.05) is 13.7 Å². The number of halogens is 1. The van der Waals surface area contributed by atoms with E-state index in [0.717, 1.165) is 5.56 Å². The van der Waals surface area contributed by atoms with Gasteiger partial charge in [-0.3, -0.25) is 4.79 Å². The maximum Gasteiger partial charge on any atom is 0.328 e. The third-order valence-corrected chi connectivity index (χ3v) is 3.02. The van der Waals surface area contributed by atoms with E-state index in [9.17, 15) is 9.59 Å². The van der Waals surface area contributed by atoms with E-state index in [-0.39, 0.29) is 6.61 Å². The first-order valence-electron chi connectivity index (χ1n) is 6.30. The maximum absolute atomic E-state index is 11.9. The lowest BCUT2D eigenvalue weighted by atomic mass is 10.2. The first kappa shape index (κ1) is 17.3.